The third kappa shape index (κ3) is 5.87. The Hall–Kier alpha value is -0.443. The lowest BCUT2D eigenvalue weighted by Gasteiger charge is -2.24. The Morgan fingerprint density at radius 1 is 1.27 bits per heavy atom. The molecule has 0 aliphatic carbocycles. The van der Waals surface area contributed by atoms with E-state index in [4.69, 9.17) is 9.16 Å². The number of rotatable bonds is 2. The van der Waals surface area contributed by atoms with E-state index in [1.165, 1.54) is 19.3 Å². The summed E-state index contributed by atoms with van der Waals surface area (Å²) in [4.78, 5) is 0. The molecule has 0 saturated heterocycles. The second-order valence-electron chi connectivity index (χ2n) is 5.30. The van der Waals surface area contributed by atoms with Gasteiger partial charge in [-0.1, -0.05) is 6.42 Å². The average Bonchev–Trinajstić information content (AvgIpc) is 2.14. The molecule has 2 nitrogen and oxygen atoms in total. The highest BCUT2D eigenvalue weighted by molar-refractivity contribution is 6.69. The lowest BCUT2D eigenvalue weighted by atomic mass is 10.1. The van der Waals surface area contributed by atoms with Crippen LogP contribution in [0.5, 0.6) is 0 Å². The van der Waals surface area contributed by atoms with Gasteiger partial charge in [-0.15, -0.1) is 0 Å². The first-order valence-corrected chi connectivity index (χ1v) is 9.44. The van der Waals surface area contributed by atoms with Crippen molar-refractivity contribution < 1.29 is 9.16 Å². The maximum atomic E-state index is 5.92. The van der Waals surface area contributed by atoms with Gasteiger partial charge >= 0.3 is 0 Å². The summed E-state index contributed by atoms with van der Waals surface area (Å²) >= 11 is 0. The molecule has 1 aliphatic heterocycles. The van der Waals surface area contributed by atoms with Gasteiger partial charge in [0.1, 0.15) is 0 Å². The summed E-state index contributed by atoms with van der Waals surface area (Å²) in [5, 5.41) is 0. The van der Waals surface area contributed by atoms with E-state index >= 15 is 0 Å². The highest BCUT2D eigenvalue weighted by atomic mass is 28.4. The molecule has 1 unspecified atom stereocenters. The minimum Gasteiger partial charge on any atom is -0.520 e. The predicted molar refractivity (Wildman–Crippen MR) is 66.1 cm³/mol. The standard InChI is InChI=1S/C12H24O2Si/c1-11-9-7-5-6-8-10-12(13-11)14-15(2,3)4/h10-11H,5-9H2,1-4H3/b12-10+. The molecule has 15 heavy (non-hydrogen) atoms. The summed E-state index contributed by atoms with van der Waals surface area (Å²) < 4.78 is 11.7. The highest BCUT2D eigenvalue weighted by Crippen LogP contribution is 2.19. The molecule has 0 spiro atoms. The zero-order valence-electron chi connectivity index (χ0n) is 10.5. The summed E-state index contributed by atoms with van der Waals surface area (Å²) in [6.07, 6.45) is 8.50. The van der Waals surface area contributed by atoms with Gasteiger partial charge in [-0.25, -0.2) is 0 Å². The maximum Gasteiger partial charge on any atom is 0.261 e. The Morgan fingerprint density at radius 2 is 2.00 bits per heavy atom. The van der Waals surface area contributed by atoms with Crippen molar-refractivity contribution in [1.82, 2.24) is 0 Å². The van der Waals surface area contributed by atoms with E-state index in [0.717, 1.165) is 18.8 Å². The van der Waals surface area contributed by atoms with Crippen LogP contribution in [-0.4, -0.2) is 14.4 Å². The third-order valence-electron chi connectivity index (χ3n) is 2.35. The van der Waals surface area contributed by atoms with E-state index in [2.05, 4.69) is 32.6 Å². The largest absolute Gasteiger partial charge is 0.520 e. The molecule has 88 valence electrons. The fourth-order valence-electron chi connectivity index (χ4n) is 1.65. The average molecular weight is 228 g/mol. The van der Waals surface area contributed by atoms with Gasteiger partial charge in [0, 0.05) is 0 Å². The first-order valence-electron chi connectivity index (χ1n) is 6.03. The van der Waals surface area contributed by atoms with Crippen LogP contribution in [-0.2, 0) is 9.16 Å². The van der Waals surface area contributed by atoms with Crippen molar-refractivity contribution in [3.63, 3.8) is 0 Å². The summed E-state index contributed by atoms with van der Waals surface area (Å²) in [5.41, 5.74) is 0. The molecule has 1 heterocycles. The van der Waals surface area contributed by atoms with E-state index in [1.807, 2.05) is 0 Å². The van der Waals surface area contributed by atoms with Crippen molar-refractivity contribution in [2.24, 2.45) is 0 Å². The summed E-state index contributed by atoms with van der Waals surface area (Å²) in [5.74, 6) is 0.781. The fourth-order valence-corrected chi connectivity index (χ4v) is 2.38. The van der Waals surface area contributed by atoms with Gasteiger partial charge in [0.2, 0.25) is 8.32 Å². The number of ether oxygens (including phenoxy) is 1. The zero-order chi connectivity index (χ0) is 11.3. The van der Waals surface area contributed by atoms with E-state index < -0.39 is 8.32 Å². The van der Waals surface area contributed by atoms with E-state index in [1.54, 1.807) is 0 Å². The van der Waals surface area contributed by atoms with Crippen LogP contribution in [0.3, 0.4) is 0 Å². The molecule has 1 aliphatic rings. The highest BCUT2D eigenvalue weighted by Gasteiger charge is 2.20. The van der Waals surface area contributed by atoms with E-state index in [-0.39, 0.29) is 0 Å². The van der Waals surface area contributed by atoms with Crippen LogP contribution in [0.15, 0.2) is 12.0 Å². The third-order valence-corrected chi connectivity index (χ3v) is 3.16. The van der Waals surface area contributed by atoms with Crippen LogP contribution in [0.25, 0.3) is 0 Å². The van der Waals surface area contributed by atoms with Crippen molar-refractivity contribution in [2.75, 3.05) is 0 Å². The quantitative estimate of drug-likeness (QED) is 0.664. The topological polar surface area (TPSA) is 18.5 Å². The molecule has 1 atom stereocenters. The van der Waals surface area contributed by atoms with Crippen LogP contribution < -0.4 is 0 Å². The molecule has 0 aromatic rings. The summed E-state index contributed by atoms with van der Waals surface area (Å²) in [6.45, 7) is 8.70. The Balaban J connectivity index is 2.56. The van der Waals surface area contributed by atoms with Crippen LogP contribution in [0.1, 0.15) is 39.0 Å². The number of hydrogen-bond acceptors (Lipinski definition) is 2. The fraction of sp³-hybridized carbons (Fsp3) is 0.833. The van der Waals surface area contributed by atoms with Gasteiger partial charge in [0.05, 0.1) is 6.10 Å². The molecular formula is C12H24O2Si. The van der Waals surface area contributed by atoms with Crippen LogP contribution in [0.2, 0.25) is 19.6 Å². The van der Waals surface area contributed by atoms with Crippen molar-refractivity contribution >= 4 is 8.32 Å². The molecule has 0 bridgehead atoms. The van der Waals surface area contributed by atoms with Gasteiger partial charge in [-0.05, 0) is 58.3 Å². The molecule has 1 rings (SSSR count). The number of hydrogen-bond donors (Lipinski definition) is 0. The molecule has 3 heteroatoms. The van der Waals surface area contributed by atoms with E-state index in [0.29, 0.717) is 6.10 Å². The Kier molecular flexibility index (Phi) is 4.70. The predicted octanol–water partition coefficient (Wildman–Crippen LogP) is 4.05. The van der Waals surface area contributed by atoms with Gasteiger partial charge in [0.15, 0.2) is 0 Å². The van der Waals surface area contributed by atoms with Crippen LogP contribution >= 0.6 is 0 Å². The second-order valence-corrected chi connectivity index (χ2v) is 9.73. The minimum atomic E-state index is -1.52. The van der Waals surface area contributed by atoms with Gasteiger partial charge < -0.3 is 9.16 Å². The Labute approximate surface area is 94.8 Å². The maximum absolute atomic E-state index is 5.92. The van der Waals surface area contributed by atoms with Crippen molar-refractivity contribution in [3.8, 4) is 0 Å². The van der Waals surface area contributed by atoms with Crippen molar-refractivity contribution in [2.45, 2.75) is 64.8 Å². The second kappa shape index (κ2) is 5.59. The number of allylic oxidation sites excluding steroid dienone is 1. The molecular weight excluding hydrogens is 204 g/mol. The molecule has 0 N–H and O–H groups in total. The first-order chi connectivity index (χ1) is 6.97. The minimum absolute atomic E-state index is 0.297. The van der Waals surface area contributed by atoms with Crippen molar-refractivity contribution in [3.05, 3.63) is 12.0 Å². The van der Waals surface area contributed by atoms with E-state index in [9.17, 15) is 0 Å². The van der Waals surface area contributed by atoms with Gasteiger partial charge in [-0.3, -0.25) is 0 Å². The lowest BCUT2D eigenvalue weighted by molar-refractivity contribution is 0.0445. The normalized spacial score (nSPS) is 27.7. The SMILES string of the molecule is CC1CCCCC/C=C(/O[Si](C)(C)C)O1. The van der Waals surface area contributed by atoms with Gasteiger partial charge in [0.25, 0.3) is 5.95 Å². The van der Waals surface area contributed by atoms with Crippen molar-refractivity contribution in [1.29, 1.82) is 0 Å². The van der Waals surface area contributed by atoms with Gasteiger partial charge in [-0.2, -0.15) is 0 Å². The van der Waals surface area contributed by atoms with Crippen LogP contribution in [0.4, 0.5) is 0 Å². The first kappa shape index (κ1) is 12.6. The molecule has 0 radical (unpaired) electrons. The molecule has 0 fully saturated rings. The molecule has 0 aromatic carbocycles. The molecule has 0 aromatic heterocycles. The zero-order valence-corrected chi connectivity index (χ0v) is 11.5. The molecule has 0 amide bonds. The Bertz CT molecular complexity index is 218. The molecule has 0 saturated carbocycles. The summed E-state index contributed by atoms with van der Waals surface area (Å²) in [6, 6.07) is 0. The lowest BCUT2D eigenvalue weighted by Crippen LogP contribution is -2.26. The Morgan fingerprint density at radius 3 is 2.67 bits per heavy atom. The smallest absolute Gasteiger partial charge is 0.261 e. The van der Waals surface area contributed by atoms with Crippen LogP contribution in [0, 0.1) is 0 Å². The monoisotopic (exact) mass is 228 g/mol. The summed E-state index contributed by atoms with van der Waals surface area (Å²) in [7, 11) is -1.52.